The zero-order valence-corrected chi connectivity index (χ0v) is 16.3. The number of aryl methyl sites for hydroxylation is 1. The van der Waals surface area contributed by atoms with Crippen LogP contribution in [0.25, 0.3) is 10.9 Å². The van der Waals surface area contributed by atoms with Gasteiger partial charge in [-0.05, 0) is 30.0 Å². The average molecular weight is 377 g/mol. The number of carbonyl (C=O) groups is 2. The lowest BCUT2D eigenvalue weighted by molar-refractivity contribution is -0.130. The number of rotatable bonds is 9. The molecule has 0 atom stereocenters. The molecule has 1 heterocycles. The van der Waals surface area contributed by atoms with Crippen molar-refractivity contribution in [3.8, 4) is 0 Å². The number of benzene rings is 2. The molecule has 0 saturated carbocycles. The Morgan fingerprint density at radius 2 is 1.79 bits per heavy atom. The first kappa shape index (κ1) is 19.7. The van der Waals surface area contributed by atoms with Gasteiger partial charge in [0.05, 0.1) is 0 Å². The van der Waals surface area contributed by atoms with E-state index in [1.54, 1.807) is 11.8 Å². The predicted octanol–water partition coefficient (Wildman–Crippen LogP) is 3.66. The number of fused-ring (bicyclic) bond motifs is 1. The second-order valence-electron chi connectivity index (χ2n) is 6.99. The minimum atomic E-state index is -0.0176. The zero-order chi connectivity index (χ0) is 19.8. The Balaban J connectivity index is 1.39. The molecule has 28 heavy (non-hydrogen) atoms. The summed E-state index contributed by atoms with van der Waals surface area (Å²) in [5.74, 6) is -0.0331. The summed E-state index contributed by atoms with van der Waals surface area (Å²) >= 11 is 0. The maximum absolute atomic E-state index is 12.1. The van der Waals surface area contributed by atoms with E-state index in [0.717, 1.165) is 23.9 Å². The van der Waals surface area contributed by atoms with E-state index in [-0.39, 0.29) is 11.8 Å². The number of aromatic nitrogens is 1. The molecule has 0 bridgehead atoms. The van der Waals surface area contributed by atoms with Crippen LogP contribution in [0.2, 0.25) is 0 Å². The van der Waals surface area contributed by atoms with Gasteiger partial charge < -0.3 is 15.2 Å². The van der Waals surface area contributed by atoms with E-state index in [2.05, 4.69) is 22.4 Å². The first-order chi connectivity index (χ1) is 13.6. The van der Waals surface area contributed by atoms with Crippen LogP contribution >= 0.6 is 0 Å². The van der Waals surface area contributed by atoms with E-state index in [1.807, 2.05) is 48.7 Å². The molecule has 3 rings (SSSR count). The minimum Gasteiger partial charge on any atom is -0.361 e. The van der Waals surface area contributed by atoms with Crippen molar-refractivity contribution >= 4 is 22.7 Å². The number of nitrogens with one attached hydrogen (secondary N) is 2. The highest BCUT2D eigenvalue weighted by Gasteiger charge is 2.11. The lowest BCUT2D eigenvalue weighted by atomic mass is 10.1. The number of carbonyl (C=O) groups excluding carboxylic acids is 2. The number of H-pyrrole nitrogens is 1. The summed E-state index contributed by atoms with van der Waals surface area (Å²) in [5, 5.41) is 4.21. The first-order valence-electron chi connectivity index (χ1n) is 9.74. The van der Waals surface area contributed by atoms with Crippen molar-refractivity contribution in [2.24, 2.45) is 0 Å². The summed E-state index contributed by atoms with van der Waals surface area (Å²) in [5.41, 5.74) is 3.48. The summed E-state index contributed by atoms with van der Waals surface area (Å²) in [6.45, 7) is 3.14. The number of amides is 2. The Morgan fingerprint density at radius 1 is 1.04 bits per heavy atom. The van der Waals surface area contributed by atoms with E-state index < -0.39 is 0 Å². The molecule has 5 nitrogen and oxygen atoms in total. The summed E-state index contributed by atoms with van der Waals surface area (Å²) in [7, 11) is 0. The molecule has 0 aliphatic rings. The molecule has 0 spiro atoms. The van der Waals surface area contributed by atoms with Gasteiger partial charge in [-0.3, -0.25) is 9.59 Å². The summed E-state index contributed by atoms with van der Waals surface area (Å²) in [4.78, 5) is 29.0. The van der Waals surface area contributed by atoms with Gasteiger partial charge in [0.15, 0.2) is 0 Å². The van der Waals surface area contributed by atoms with Crippen LogP contribution in [0.4, 0.5) is 0 Å². The number of nitrogens with zero attached hydrogens (tertiary/aromatic N) is 1. The lowest BCUT2D eigenvalue weighted by Crippen LogP contribution is -2.33. The fourth-order valence-electron chi connectivity index (χ4n) is 3.32. The van der Waals surface area contributed by atoms with E-state index in [1.165, 1.54) is 10.9 Å². The van der Waals surface area contributed by atoms with Gasteiger partial charge in [-0.1, -0.05) is 48.5 Å². The van der Waals surface area contributed by atoms with Crippen LogP contribution in [-0.4, -0.2) is 34.8 Å². The zero-order valence-electron chi connectivity index (χ0n) is 16.3. The van der Waals surface area contributed by atoms with Crippen LogP contribution in [0.5, 0.6) is 0 Å². The molecule has 146 valence electrons. The highest BCUT2D eigenvalue weighted by molar-refractivity contribution is 5.83. The van der Waals surface area contributed by atoms with Crippen molar-refractivity contribution in [3.63, 3.8) is 0 Å². The molecule has 0 unspecified atom stereocenters. The van der Waals surface area contributed by atoms with Gasteiger partial charge in [0, 0.05) is 50.1 Å². The number of para-hydroxylation sites is 1. The third-order valence-corrected chi connectivity index (χ3v) is 4.89. The quantitative estimate of drug-likeness (QED) is 0.559. The van der Waals surface area contributed by atoms with Crippen molar-refractivity contribution in [1.82, 2.24) is 15.2 Å². The molecule has 3 aromatic rings. The third-order valence-electron chi connectivity index (χ3n) is 4.89. The summed E-state index contributed by atoms with van der Waals surface area (Å²) in [6.07, 6.45) is 4.16. The van der Waals surface area contributed by atoms with Crippen molar-refractivity contribution < 1.29 is 9.59 Å². The van der Waals surface area contributed by atoms with Crippen LogP contribution in [0, 0.1) is 0 Å². The van der Waals surface area contributed by atoms with E-state index in [0.29, 0.717) is 26.1 Å². The van der Waals surface area contributed by atoms with Crippen LogP contribution in [0.15, 0.2) is 60.8 Å². The second kappa shape index (κ2) is 9.74. The van der Waals surface area contributed by atoms with Gasteiger partial charge in [-0.15, -0.1) is 0 Å². The molecule has 0 saturated heterocycles. The molecule has 0 fully saturated rings. The Bertz CT molecular complexity index is 918. The van der Waals surface area contributed by atoms with Gasteiger partial charge in [0.2, 0.25) is 11.8 Å². The molecule has 2 N–H and O–H groups in total. The van der Waals surface area contributed by atoms with Gasteiger partial charge >= 0.3 is 0 Å². The third kappa shape index (κ3) is 5.46. The standard InChI is InChI=1S/C23H27N3O2/c1-18(27)26(17-19-8-3-2-4-9-19)15-13-23(28)24-14-7-10-20-16-25-22-12-6-5-11-21(20)22/h2-6,8-9,11-12,16,25H,7,10,13-15,17H2,1H3,(H,24,28). The van der Waals surface area contributed by atoms with Crippen LogP contribution in [-0.2, 0) is 22.6 Å². The van der Waals surface area contributed by atoms with Gasteiger partial charge in [-0.2, -0.15) is 0 Å². The molecule has 2 aromatic carbocycles. The number of hydrogen-bond donors (Lipinski definition) is 2. The van der Waals surface area contributed by atoms with Crippen molar-refractivity contribution in [2.45, 2.75) is 32.7 Å². The molecular formula is C23H27N3O2. The smallest absolute Gasteiger partial charge is 0.221 e. The lowest BCUT2D eigenvalue weighted by Gasteiger charge is -2.21. The maximum atomic E-state index is 12.1. The number of aromatic amines is 1. The van der Waals surface area contributed by atoms with Gasteiger partial charge in [-0.25, -0.2) is 0 Å². The summed E-state index contributed by atoms with van der Waals surface area (Å²) < 4.78 is 0. The van der Waals surface area contributed by atoms with Crippen LogP contribution in [0.3, 0.4) is 0 Å². The topological polar surface area (TPSA) is 65.2 Å². The molecule has 0 aliphatic carbocycles. The summed E-state index contributed by atoms with van der Waals surface area (Å²) in [6, 6.07) is 18.1. The normalized spacial score (nSPS) is 10.8. The second-order valence-corrected chi connectivity index (χ2v) is 6.99. The largest absolute Gasteiger partial charge is 0.361 e. The minimum absolute atomic E-state index is 0.0155. The average Bonchev–Trinajstić information content (AvgIpc) is 3.12. The first-order valence-corrected chi connectivity index (χ1v) is 9.74. The van der Waals surface area contributed by atoms with E-state index in [9.17, 15) is 9.59 Å². The fraction of sp³-hybridized carbons (Fsp3) is 0.304. The Hall–Kier alpha value is -3.08. The maximum Gasteiger partial charge on any atom is 0.221 e. The highest BCUT2D eigenvalue weighted by Crippen LogP contribution is 2.18. The molecule has 0 aliphatic heterocycles. The molecule has 1 aromatic heterocycles. The monoisotopic (exact) mass is 377 g/mol. The number of hydrogen-bond acceptors (Lipinski definition) is 2. The molecule has 0 radical (unpaired) electrons. The fourth-order valence-corrected chi connectivity index (χ4v) is 3.32. The SMILES string of the molecule is CC(=O)N(CCC(=O)NCCCc1c[nH]c2ccccc12)Cc1ccccc1. The van der Waals surface area contributed by atoms with Crippen molar-refractivity contribution in [3.05, 3.63) is 71.9 Å². The Morgan fingerprint density at radius 3 is 2.57 bits per heavy atom. The van der Waals surface area contributed by atoms with Gasteiger partial charge in [0.1, 0.15) is 0 Å². The molecular weight excluding hydrogens is 350 g/mol. The van der Waals surface area contributed by atoms with E-state index >= 15 is 0 Å². The van der Waals surface area contributed by atoms with Gasteiger partial charge in [0.25, 0.3) is 0 Å². The van der Waals surface area contributed by atoms with Crippen molar-refractivity contribution in [2.75, 3.05) is 13.1 Å². The Labute approximate surface area is 165 Å². The van der Waals surface area contributed by atoms with E-state index in [4.69, 9.17) is 0 Å². The van der Waals surface area contributed by atoms with Crippen molar-refractivity contribution in [1.29, 1.82) is 0 Å². The Kier molecular flexibility index (Phi) is 6.84. The predicted molar refractivity (Wildman–Crippen MR) is 112 cm³/mol. The highest BCUT2D eigenvalue weighted by atomic mass is 16.2. The molecule has 2 amide bonds. The molecule has 5 heteroatoms. The van der Waals surface area contributed by atoms with Crippen LogP contribution in [0.1, 0.15) is 30.9 Å². The van der Waals surface area contributed by atoms with Crippen LogP contribution < -0.4 is 5.32 Å².